The highest BCUT2D eigenvalue weighted by molar-refractivity contribution is 8.18. The Balaban J connectivity index is 1.68. The van der Waals surface area contributed by atoms with Gasteiger partial charge in [0.15, 0.2) is 5.17 Å². The molecule has 1 atom stereocenters. The van der Waals surface area contributed by atoms with Crippen LogP contribution < -0.4 is 10.2 Å². The molecule has 2 aromatic rings. The first kappa shape index (κ1) is 22.7. The molecule has 0 spiro atoms. The van der Waals surface area contributed by atoms with Crippen LogP contribution in [-0.4, -0.2) is 23.2 Å². The molecule has 1 N–H and O–H groups in total. The van der Waals surface area contributed by atoms with Gasteiger partial charge in [-0.05, 0) is 118 Å². The Morgan fingerprint density at radius 3 is 2.69 bits per heavy atom. The van der Waals surface area contributed by atoms with Gasteiger partial charge in [-0.1, -0.05) is 19.1 Å². The SMILES string of the molecule is CCN1c2cc(C)c(/C=C3\SC(=Nc4cccc(C)c4C)NC3=O)cc2C(C)CC1(C)C. The van der Waals surface area contributed by atoms with Crippen LogP contribution in [0.5, 0.6) is 0 Å². The first-order valence-corrected chi connectivity index (χ1v) is 12.2. The minimum absolute atomic E-state index is 0.0828. The van der Waals surface area contributed by atoms with Gasteiger partial charge >= 0.3 is 0 Å². The summed E-state index contributed by atoms with van der Waals surface area (Å²) in [6, 6.07) is 10.6. The van der Waals surface area contributed by atoms with E-state index in [-0.39, 0.29) is 11.4 Å². The number of aliphatic imine (C=N–C) groups is 1. The third kappa shape index (κ3) is 4.11. The van der Waals surface area contributed by atoms with E-state index in [1.54, 1.807) is 0 Å². The Labute approximate surface area is 196 Å². The number of carbonyl (C=O) groups is 1. The molecule has 1 fully saturated rings. The van der Waals surface area contributed by atoms with Crippen LogP contribution in [0.3, 0.4) is 0 Å². The standard InChI is InChI=1S/C27H33N3OS/c1-8-30-23-12-17(3)20(13-21(23)18(4)15-27(30,6)7)14-24-25(31)29-26(32-24)28-22-11-9-10-16(2)19(22)5/h9-14,18H,8,15H2,1-7H3,(H,28,29,31)/b24-14-. The summed E-state index contributed by atoms with van der Waals surface area (Å²) < 4.78 is 0. The molecule has 2 aliphatic heterocycles. The van der Waals surface area contributed by atoms with Crippen molar-refractivity contribution in [1.29, 1.82) is 0 Å². The van der Waals surface area contributed by atoms with Gasteiger partial charge in [-0.2, -0.15) is 0 Å². The zero-order chi connectivity index (χ0) is 23.2. The summed E-state index contributed by atoms with van der Waals surface area (Å²) in [5.74, 6) is 0.396. The molecular weight excluding hydrogens is 414 g/mol. The lowest BCUT2D eigenvalue weighted by molar-refractivity contribution is -0.115. The predicted molar refractivity (Wildman–Crippen MR) is 138 cm³/mol. The van der Waals surface area contributed by atoms with E-state index in [2.05, 4.69) is 76.9 Å². The van der Waals surface area contributed by atoms with Gasteiger partial charge in [0, 0.05) is 17.8 Å². The number of benzene rings is 2. The van der Waals surface area contributed by atoms with Gasteiger partial charge in [0.1, 0.15) is 0 Å². The Bertz CT molecular complexity index is 1150. The minimum Gasteiger partial charge on any atom is -0.366 e. The van der Waals surface area contributed by atoms with Gasteiger partial charge in [0.2, 0.25) is 0 Å². The largest absolute Gasteiger partial charge is 0.366 e. The fourth-order valence-corrected chi connectivity index (χ4v) is 5.82. The number of aryl methyl sites for hydroxylation is 2. The molecule has 5 heteroatoms. The number of nitrogens with zero attached hydrogens (tertiary/aromatic N) is 2. The number of amides is 1. The first-order chi connectivity index (χ1) is 15.1. The number of anilines is 1. The number of rotatable bonds is 3. The molecule has 0 aromatic heterocycles. The first-order valence-electron chi connectivity index (χ1n) is 11.4. The smallest absolute Gasteiger partial charge is 0.264 e. The summed E-state index contributed by atoms with van der Waals surface area (Å²) in [6.45, 7) is 16.5. The zero-order valence-corrected chi connectivity index (χ0v) is 21.0. The van der Waals surface area contributed by atoms with E-state index in [1.165, 1.54) is 34.1 Å². The van der Waals surface area contributed by atoms with Crippen molar-refractivity contribution >= 4 is 40.3 Å². The van der Waals surface area contributed by atoms with Gasteiger partial charge in [-0.15, -0.1) is 0 Å². The van der Waals surface area contributed by atoms with Gasteiger partial charge in [0.05, 0.1) is 10.6 Å². The fraction of sp³-hybridized carbons (Fsp3) is 0.407. The summed E-state index contributed by atoms with van der Waals surface area (Å²) in [4.78, 5) is 20.6. The average molecular weight is 448 g/mol. The van der Waals surface area contributed by atoms with Gasteiger partial charge < -0.3 is 10.2 Å². The minimum atomic E-state index is -0.0828. The van der Waals surface area contributed by atoms with E-state index < -0.39 is 0 Å². The lowest BCUT2D eigenvalue weighted by Gasteiger charge is -2.47. The molecule has 0 radical (unpaired) electrons. The number of thioether (sulfide) groups is 1. The van der Waals surface area contributed by atoms with E-state index in [0.717, 1.165) is 29.8 Å². The third-order valence-electron chi connectivity index (χ3n) is 6.83. The quantitative estimate of drug-likeness (QED) is 0.538. The van der Waals surface area contributed by atoms with Gasteiger partial charge in [0.25, 0.3) is 5.91 Å². The van der Waals surface area contributed by atoms with Crippen LogP contribution in [0.1, 0.15) is 67.9 Å². The summed E-state index contributed by atoms with van der Waals surface area (Å²) >= 11 is 1.41. The number of fused-ring (bicyclic) bond motifs is 1. The second-order valence-electron chi connectivity index (χ2n) is 9.63. The van der Waals surface area contributed by atoms with E-state index in [9.17, 15) is 4.79 Å². The highest BCUT2D eigenvalue weighted by Gasteiger charge is 2.36. The van der Waals surface area contributed by atoms with E-state index in [4.69, 9.17) is 4.99 Å². The molecule has 1 amide bonds. The zero-order valence-electron chi connectivity index (χ0n) is 20.2. The van der Waals surface area contributed by atoms with E-state index >= 15 is 0 Å². The van der Waals surface area contributed by atoms with Crippen molar-refractivity contribution < 1.29 is 4.79 Å². The average Bonchev–Trinajstić information content (AvgIpc) is 3.05. The molecule has 168 valence electrons. The third-order valence-corrected chi connectivity index (χ3v) is 7.74. The molecule has 2 aromatic carbocycles. The van der Waals surface area contributed by atoms with Crippen LogP contribution in [0.25, 0.3) is 6.08 Å². The second-order valence-corrected chi connectivity index (χ2v) is 10.7. The lowest BCUT2D eigenvalue weighted by atomic mass is 9.79. The molecule has 1 unspecified atom stereocenters. The highest BCUT2D eigenvalue weighted by Crippen LogP contribution is 2.44. The van der Waals surface area contributed by atoms with Crippen molar-refractivity contribution in [2.75, 3.05) is 11.4 Å². The Morgan fingerprint density at radius 2 is 1.97 bits per heavy atom. The van der Waals surface area contributed by atoms with Gasteiger partial charge in [-0.3, -0.25) is 4.79 Å². The van der Waals surface area contributed by atoms with Crippen molar-refractivity contribution in [2.45, 2.75) is 66.3 Å². The van der Waals surface area contributed by atoms with Crippen molar-refractivity contribution in [2.24, 2.45) is 4.99 Å². The van der Waals surface area contributed by atoms with Crippen molar-refractivity contribution in [3.63, 3.8) is 0 Å². The van der Waals surface area contributed by atoms with Crippen LogP contribution in [0, 0.1) is 20.8 Å². The monoisotopic (exact) mass is 447 g/mol. The molecular formula is C27H33N3OS. The summed E-state index contributed by atoms with van der Waals surface area (Å²) in [5, 5.41) is 3.57. The van der Waals surface area contributed by atoms with Crippen molar-refractivity contribution in [3.8, 4) is 0 Å². The molecule has 4 rings (SSSR count). The predicted octanol–water partition coefficient (Wildman–Crippen LogP) is 6.62. The van der Waals surface area contributed by atoms with E-state index in [1.807, 2.05) is 18.2 Å². The number of hydrogen-bond donors (Lipinski definition) is 1. The number of carbonyl (C=O) groups excluding carboxylic acids is 1. The highest BCUT2D eigenvalue weighted by atomic mass is 32.2. The van der Waals surface area contributed by atoms with Gasteiger partial charge in [-0.25, -0.2) is 4.99 Å². The Hall–Kier alpha value is -2.53. The van der Waals surface area contributed by atoms with Crippen LogP contribution >= 0.6 is 11.8 Å². The Kier molecular flexibility index (Phi) is 5.97. The molecule has 32 heavy (non-hydrogen) atoms. The molecule has 4 nitrogen and oxygen atoms in total. The molecule has 0 saturated carbocycles. The number of amidine groups is 1. The molecule has 0 aliphatic carbocycles. The summed E-state index contributed by atoms with van der Waals surface area (Å²) in [7, 11) is 0. The maximum atomic E-state index is 12.7. The summed E-state index contributed by atoms with van der Waals surface area (Å²) in [5.41, 5.74) is 8.37. The maximum absolute atomic E-state index is 12.7. The van der Waals surface area contributed by atoms with Crippen molar-refractivity contribution in [1.82, 2.24) is 5.32 Å². The number of hydrogen-bond acceptors (Lipinski definition) is 4. The fourth-order valence-electron chi connectivity index (χ4n) is 4.99. The van der Waals surface area contributed by atoms with Crippen molar-refractivity contribution in [3.05, 3.63) is 63.1 Å². The molecule has 2 aliphatic rings. The second kappa shape index (κ2) is 8.43. The summed E-state index contributed by atoms with van der Waals surface area (Å²) in [6.07, 6.45) is 3.14. The van der Waals surface area contributed by atoms with Crippen LogP contribution in [0.15, 0.2) is 40.2 Å². The molecule has 2 heterocycles. The Morgan fingerprint density at radius 1 is 1.22 bits per heavy atom. The van der Waals surface area contributed by atoms with E-state index in [0.29, 0.717) is 16.0 Å². The van der Waals surface area contributed by atoms with Crippen LogP contribution in [0.4, 0.5) is 11.4 Å². The normalized spacial score (nSPS) is 22.4. The molecule has 1 saturated heterocycles. The van der Waals surface area contributed by atoms with Crippen LogP contribution in [0.2, 0.25) is 0 Å². The number of nitrogens with one attached hydrogen (secondary N) is 1. The lowest BCUT2D eigenvalue weighted by Crippen LogP contribution is -2.48. The van der Waals surface area contributed by atoms with Crippen LogP contribution in [-0.2, 0) is 4.79 Å². The molecule has 0 bridgehead atoms. The maximum Gasteiger partial charge on any atom is 0.264 e. The topological polar surface area (TPSA) is 44.7 Å².